The molecule has 0 atom stereocenters. The molecule has 3 aromatic rings. The molecule has 0 unspecified atom stereocenters. The summed E-state index contributed by atoms with van der Waals surface area (Å²) >= 11 is 0. The van der Waals surface area contributed by atoms with Gasteiger partial charge in [-0.3, -0.25) is 0 Å². The van der Waals surface area contributed by atoms with E-state index in [4.69, 9.17) is 4.74 Å². The lowest BCUT2D eigenvalue weighted by atomic mass is 10.1. The fourth-order valence-corrected chi connectivity index (χ4v) is 2.47. The third kappa shape index (κ3) is 2.25. The van der Waals surface area contributed by atoms with Crippen molar-refractivity contribution in [2.75, 3.05) is 19.1 Å². The number of aromatic amines is 1. The third-order valence-corrected chi connectivity index (χ3v) is 3.55. The van der Waals surface area contributed by atoms with E-state index >= 15 is 0 Å². The number of anilines is 2. The molecular weight excluding hydrogens is 264 g/mol. The van der Waals surface area contributed by atoms with Gasteiger partial charge in [0.15, 0.2) is 0 Å². The van der Waals surface area contributed by atoms with Crippen LogP contribution in [0.3, 0.4) is 0 Å². The van der Waals surface area contributed by atoms with Gasteiger partial charge >= 0.3 is 5.97 Å². The fraction of sp³-hybridized carbons (Fsp3) is 0.118. The summed E-state index contributed by atoms with van der Waals surface area (Å²) in [5.41, 5.74) is 2.46. The number of para-hydroxylation sites is 2. The minimum absolute atomic E-state index is 0.342. The average molecular weight is 280 g/mol. The molecule has 4 heteroatoms. The number of H-pyrrole nitrogens is 1. The molecule has 3 rings (SSSR count). The number of rotatable bonds is 3. The highest BCUT2D eigenvalue weighted by Crippen LogP contribution is 2.32. The number of methoxy groups -OCH3 is 1. The van der Waals surface area contributed by atoms with Gasteiger partial charge in [-0.15, -0.1) is 0 Å². The molecule has 1 heterocycles. The lowest BCUT2D eigenvalue weighted by Gasteiger charge is -2.19. The first-order valence-corrected chi connectivity index (χ1v) is 6.70. The summed E-state index contributed by atoms with van der Waals surface area (Å²) in [4.78, 5) is 17.4. The largest absolute Gasteiger partial charge is 0.465 e. The normalized spacial score (nSPS) is 10.6. The highest BCUT2D eigenvalue weighted by atomic mass is 16.5. The zero-order valence-corrected chi connectivity index (χ0v) is 12.0. The summed E-state index contributed by atoms with van der Waals surface area (Å²) in [5, 5.41) is 0.863. The smallest absolute Gasteiger partial charge is 0.342 e. The monoisotopic (exact) mass is 280 g/mol. The Bertz CT molecular complexity index is 778. The first kappa shape index (κ1) is 13.2. The van der Waals surface area contributed by atoms with Crippen LogP contribution in [0.1, 0.15) is 10.4 Å². The molecule has 21 heavy (non-hydrogen) atoms. The van der Waals surface area contributed by atoms with Crippen LogP contribution in [0.4, 0.5) is 11.5 Å². The SMILES string of the molecule is COC(=O)c1c(N(C)c2ccccc2)[nH]c2ccccc12. The minimum atomic E-state index is -0.342. The standard InChI is InChI=1S/C17H16N2O2/c1-19(12-8-4-3-5-9-12)16-15(17(20)21-2)13-10-6-7-11-14(13)18-16/h3-11,18H,1-2H3. The molecule has 0 fully saturated rings. The first-order valence-electron chi connectivity index (χ1n) is 6.70. The molecule has 0 aliphatic rings. The molecule has 0 aliphatic heterocycles. The quantitative estimate of drug-likeness (QED) is 0.744. The molecule has 0 spiro atoms. The van der Waals surface area contributed by atoms with E-state index in [2.05, 4.69) is 4.98 Å². The molecule has 0 saturated carbocycles. The van der Waals surface area contributed by atoms with Crippen LogP contribution in [-0.4, -0.2) is 25.1 Å². The van der Waals surface area contributed by atoms with Gasteiger partial charge in [0.25, 0.3) is 0 Å². The van der Waals surface area contributed by atoms with Gasteiger partial charge in [0.05, 0.1) is 7.11 Å². The summed E-state index contributed by atoms with van der Waals surface area (Å²) in [6, 6.07) is 17.6. The van der Waals surface area contributed by atoms with Crippen molar-refractivity contribution in [1.82, 2.24) is 4.98 Å². The van der Waals surface area contributed by atoms with Crippen LogP contribution in [0.15, 0.2) is 54.6 Å². The Morgan fingerprint density at radius 1 is 1.05 bits per heavy atom. The number of nitrogens with one attached hydrogen (secondary N) is 1. The van der Waals surface area contributed by atoms with E-state index in [1.807, 2.05) is 66.5 Å². The van der Waals surface area contributed by atoms with Crippen molar-refractivity contribution in [3.05, 3.63) is 60.2 Å². The second-order valence-electron chi connectivity index (χ2n) is 4.78. The summed E-state index contributed by atoms with van der Waals surface area (Å²) < 4.78 is 4.94. The molecule has 0 bridgehead atoms. The predicted octanol–water partition coefficient (Wildman–Crippen LogP) is 3.72. The Kier molecular flexibility index (Phi) is 3.36. The van der Waals surface area contributed by atoms with Crippen LogP contribution in [0.5, 0.6) is 0 Å². The summed E-state index contributed by atoms with van der Waals surface area (Å²) in [6.45, 7) is 0. The molecule has 0 saturated heterocycles. The van der Waals surface area contributed by atoms with E-state index in [-0.39, 0.29) is 5.97 Å². The van der Waals surface area contributed by atoms with Gasteiger partial charge < -0.3 is 14.6 Å². The second kappa shape index (κ2) is 5.32. The van der Waals surface area contributed by atoms with Crippen LogP contribution in [0.2, 0.25) is 0 Å². The van der Waals surface area contributed by atoms with Crippen molar-refractivity contribution < 1.29 is 9.53 Å². The van der Waals surface area contributed by atoms with Gasteiger partial charge in [-0.2, -0.15) is 0 Å². The van der Waals surface area contributed by atoms with Crippen molar-refractivity contribution in [3.8, 4) is 0 Å². The van der Waals surface area contributed by atoms with E-state index in [0.29, 0.717) is 5.56 Å². The Morgan fingerprint density at radius 2 is 1.71 bits per heavy atom. The van der Waals surface area contributed by atoms with Crippen molar-refractivity contribution >= 4 is 28.4 Å². The topological polar surface area (TPSA) is 45.3 Å². The van der Waals surface area contributed by atoms with Gasteiger partial charge in [-0.1, -0.05) is 36.4 Å². The number of nitrogens with zero attached hydrogens (tertiary/aromatic N) is 1. The highest BCUT2D eigenvalue weighted by Gasteiger charge is 2.22. The van der Waals surface area contributed by atoms with Crippen molar-refractivity contribution in [3.63, 3.8) is 0 Å². The minimum Gasteiger partial charge on any atom is -0.465 e. The first-order chi connectivity index (χ1) is 10.2. The number of fused-ring (bicyclic) bond motifs is 1. The number of ether oxygens (including phenoxy) is 1. The maximum atomic E-state index is 12.2. The number of esters is 1. The lowest BCUT2D eigenvalue weighted by molar-refractivity contribution is 0.0604. The Hall–Kier alpha value is -2.75. The molecule has 2 aromatic carbocycles. The van der Waals surface area contributed by atoms with Gasteiger partial charge in [0, 0.05) is 23.6 Å². The molecular formula is C17H16N2O2. The van der Waals surface area contributed by atoms with Crippen molar-refractivity contribution in [1.29, 1.82) is 0 Å². The highest BCUT2D eigenvalue weighted by molar-refractivity contribution is 6.10. The average Bonchev–Trinajstić information content (AvgIpc) is 2.93. The maximum absolute atomic E-state index is 12.2. The van der Waals surface area contributed by atoms with Crippen LogP contribution >= 0.6 is 0 Å². The zero-order valence-electron chi connectivity index (χ0n) is 12.0. The molecule has 106 valence electrons. The fourth-order valence-electron chi connectivity index (χ4n) is 2.47. The zero-order chi connectivity index (χ0) is 14.8. The van der Waals surface area contributed by atoms with Gasteiger partial charge in [0.1, 0.15) is 11.4 Å². The lowest BCUT2D eigenvalue weighted by Crippen LogP contribution is -2.14. The Labute approximate surface area is 123 Å². The van der Waals surface area contributed by atoms with Crippen LogP contribution < -0.4 is 4.90 Å². The van der Waals surface area contributed by atoms with E-state index in [9.17, 15) is 4.79 Å². The molecule has 1 aromatic heterocycles. The summed E-state index contributed by atoms with van der Waals surface area (Å²) in [5.74, 6) is 0.388. The molecule has 0 radical (unpaired) electrons. The second-order valence-corrected chi connectivity index (χ2v) is 4.78. The van der Waals surface area contributed by atoms with Crippen LogP contribution in [0, 0.1) is 0 Å². The van der Waals surface area contributed by atoms with E-state index in [0.717, 1.165) is 22.4 Å². The van der Waals surface area contributed by atoms with Gasteiger partial charge in [0.2, 0.25) is 0 Å². The molecule has 1 N–H and O–H groups in total. The number of hydrogen-bond acceptors (Lipinski definition) is 3. The molecule has 0 aliphatic carbocycles. The molecule has 0 amide bonds. The number of benzene rings is 2. The molecule has 4 nitrogen and oxygen atoms in total. The number of carbonyl (C=O) groups excluding carboxylic acids is 1. The van der Waals surface area contributed by atoms with Crippen molar-refractivity contribution in [2.24, 2.45) is 0 Å². The Balaban J connectivity index is 2.20. The van der Waals surface area contributed by atoms with E-state index in [1.165, 1.54) is 7.11 Å². The third-order valence-electron chi connectivity index (χ3n) is 3.55. The number of carbonyl (C=O) groups is 1. The predicted molar refractivity (Wildman–Crippen MR) is 84.1 cm³/mol. The van der Waals surface area contributed by atoms with Crippen LogP contribution in [-0.2, 0) is 4.74 Å². The van der Waals surface area contributed by atoms with E-state index < -0.39 is 0 Å². The van der Waals surface area contributed by atoms with E-state index in [1.54, 1.807) is 0 Å². The summed E-state index contributed by atoms with van der Waals surface area (Å²) in [6.07, 6.45) is 0. The van der Waals surface area contributed by atoms with Crippen LogP contribution in [0.25, 0.3) is 10.9 Å². The number of hydrogen-bond donors (Lipinski definition) is 1. The van der Waals surface area contributed by atoms with Gasteiger partial charge in [-0.25, -0.2) is 4.79 Å². The Morgan fingerprint density at radius 3 is 2.43 bits per heavy atom. The summed E-state index contributed by atoms with van der Waals surface area (Å²) in [7, 11) is 3.32. The maximum Gasteiger partial charge on any atom is 0.342 e. The van der Waals surface area contributed by atoms with Gasteiger partial charge in [-0.05, 0) is 18.2 Å². The van der Waals surface area contributed by atoms with Crippen molar-refractivity contribution in [2.45, 2.75) is 0 Å². The number of aromatic nitrogens is 1.